The largest absolute Gasteiger partial charge is 0.372 e. The molecule has 0 spiro atoms. The quantitative estimate of drug-likeness (QED) is 0.848. The van der Waals surface area contributed by atoms with Crippen LogP contribution < -0.4 is 10.2 Å². The van der Waals surface area contributed by atoms with Gasteiger partial charge < -0.3 is 10.2 Å². The summed E-state index contributed by atoms with van der Waals surface area (Å²) in [5.41, 5.74) is 4.08. The van der Waals surface area contributed by atoms with Crippen LogP contribution >= 0.6 is 0 Å². The van der Waals surface area contributed by atoms with Gasteiger partial charge in [0.25, 0.3) is 5.91 Å². The Kier molecular flexibility index (Phi) is 5.73. The minimum Gasteiger partial charge on any atom is -0.372 e. The lowest BCUT2D eigenvalue weighted by molar-refractivity contribution is 0.102. The van der Waals surface area contributed by atoms with Crippen LogP contribution in [0.15, 0.2) is 48.5 Å². The number of amides is 1. The van der Waals surface area contributed by atoms with Gasteiger partial charge in [0, 0.05) is 36.6 Å². The monoisotopic (exact) mass is 363 g/mol. The van der Waals surface area contributed by atoms with Crippen molar-refractivity contribution in [3.05, 3.63) is 59.7 Å². The minimum absolute atomic E-state index is 0.0477. The molecule has 0 saturated carbocycles. The highest BCUT2D eigenvalue weighted by Gasteiger charge is 2.13. The number of anilines is 2. The second kappa shape index (κ2) is 8.57. The van der Waals surface area contributed by atoms with Crippen LogP contribution in [0.2, 0.25) is 0 Å². The molecule has 27 heavy (non-hydrogen) atoms. The fourth-order valence-electron chi connectivity index (χ4n) is 4.07. The maximum Gasteiger partial charge on any atom is 0.255 e. The normalized spacial score (nSPS) is 17.9. The van der Waals surface area contributed by atoms with Crippen LogP contribution in [0.3, 0.4) is 0 Å². The summed E-state index contributed by atoms with van der Waals surface area (Å²) in [5.74, 6) is -0.0477. The molecule has 1 amide bonds. The van der Waals surface area contributed by atoms with Crippen LogP contribution in [0, 0.1) is 0 Å². The van der Waals surface area contributed by atoms with Crippen molar-refractivity contribution in [2.75, 3.05) is 36.4 Å². The van der Waals surface area contributed by atoms with Crippen molar-refractivity contribution in [3.8, 4) is 0 Å². The zero-order valence-corrected chi connectivity index (χ0v) is 16.0. The SMILES string of the molecule is O=C(Nc1ccc(N2CCCCC2)cc1)c1ccc(CN2CCCC2)cc1. The average molecular weight is 364 g/mol. The molecular weight excluding hydrogens is 334 g/mol. The van der Waals surface area contributed by atoms with Crippen molar-refractivity contribution in [2.24, 2.45) is 0 Å². The van der Waals surface area contributed by atoms with Gasteiger partial charge in [0.15, 0.2) is 0 Å². The van der Waals surface area contributed by atoms with Gasteiger partial charge in [0.05, 0.1) is 0 Å². The van der Waals surface area contributed by atoms with Gasteiger partial charge in [-0.2, -0.15) is 0 Å². The van der Waals surface area contributed by atoms with Crippen LogP contribution in [0.4, 0.5) is 11.4 Å². The molecule has 2 heterocycles. The number of hydrogen-bond donors (Lipinski definition) is 1. The van der Waals surface area contributed by atoms with Gasteiger partial charge in [0.1, 0.15) is 0 Å². The van der Waals surface area contributed by atoms with Crippen molar-refractivity contribution >= 4 is 17.3 Å². The number of carbonyl (C=O) groups excluding carboxylic acids is 1. The Morgan fingerprint density at radius 2 is 1.41 bits per heavy atom. The number of likely N-dealkylation sites (tertiary alicyclic amines) is 1. The summed E-state index contributed by atoms with van der Waals surface area (Å²) in [7, 11) is 0. The Morgan fingerprint density at radius 3 is 2.07 bits per heavy atom. The van der Waals surface area contributed by atoms with E-state index in [-0.39, 0.29) is 5.91 Å². The lowest BCUT2D eigenvalue weighted by Gasteiger charge is -2.28. The molecule has 0 unspecified atom stereocenters. The highest BCUT2D eigenvalue weighted by atomic mass is 16.1. The topological polar surface area (TPSA) is 35.6 Å². The van der Waals surface area contributed by atoms with Crippen molar-refractivity contribution in [3.63, 3.8) is 0 Å². The van der Waals surface area contributed by atoms with Crippen LogP contribution in [-0.4, -0.2) is 37.0 Å². The number of piperidine rings is 1. The third kappa shape index (κ3) is 4.69. The zero-order chi connectivity index (χ0) is 18.5. The van der Waals surface area contributed by atoms with E-state index in [4.69, 9.17) is 0 Å². The molecule has 0 aliphatic carbocycles. The molecule has 0 atom stereocenters. The number of rotatable bonds is 5. The van der Waals surface area contributed by atoms with Gasteiger partial charge >= 0.3 is 0 Å². The van der Waals surface area contributed by atoms with Crippen LogP contribution in [0.25, 0.3) is 0 Å². The highest BCUT2D eigenvalue weighted by molar-refractivity contribution is 6.04. The summed E-state index contributed by atoms with van der Waals surface area (Å²) in [6, 6.07) is 16.2. The van der Waals surface area contributed by atoms with Gasteiger partial charge in [-0.1, -0.05) is 12.1 Å². The lowest BCUT2D eigenvalue weighted by atomic mass is 10.1. The summed E-state index contributed by atoms with van der Waals surface area (Å²) in [4.78, 5) is 17.4. The van der Waals surface area contributed by atoms with E-state index in [1.807, 2.05) is 24.3 Å². The van der Waals surface area contributed by atoms with Gasteiger partial charge in [-0.15, -0.1) is 0 Å². The first-order valence-electron chi connectivity index (χ1n) is 10.3. The first-order valence-corrected chi connectivity index (χ1v) is 10.3. The fourth-order valence-corrected chi connectivity index (χ4v) is 4.07. The number of hydrogen-bond acceptors (Lipinski definition) is 3. The molecule has 0 aromatic heterocycles. The smallest absolute Gasteiger partial charge is 0.255 e. The van der Waals surface area contributed by atoms with Crippen molar-refractivity contribution in [1.29, 1.82) is 0 Å². The van der Waals surface area contributed by atoms with E-state index < -0.39 is 0 Å². The maximum absolute atomic E-state index is 12.5. The maximum atomic E-state index is 12.5. The molecule has 0 radical (unpaired) electrons. The molecule has 2 aliphatic rings. The Balaban J connectivity index is 1.34. The average Bonchev–Trinajstić information content (AvgIpc) is 3.23. The summed E-state index contributed by atoms with van der Waals surface area (Å²) in [5, 5.41) is 3.01. The summed E-state index contributed by atoms with van der Waals surface area (Å²) < 4.78 is 0. The Bertz CT molecular complexity index is 742. The third-order valence-corrected chi connectivity index (χ3v) is 5.67. The van der Waals surface area contributed by atoms with Gasteiger partial charge in [-0.05, 0) is 87.2 Å². The molecule has 142 valence electrons. The van der Waals surface area contributed by atoms with Gasteiger partial charge in [-0.25, -0.2) is 0 Å². The second-order valence-electron chi connectivity index (χ2n) is 7.73. The molecule has 0 bridgehead atoms. The van der Waals surface area contributed by atoms with E-state index >= 15 is 0 Å². The number of nitrogens with zero attached hydrogens (tertiary/aromatic N) is 2. The number of carbonyl (C=O) groups is 1. The third-order valence-electron chi connectivity index (χ3n) is 5.67. The molecule has 4 rings (SSSR count). The van der Waals surface area contributed by atoms with E-state index in [0.29, 0.717) is 5.56 Å². The van der Waals surface area contributed by atoms with E-state index in [2.05, 4.69) is 39.4 Å². The standard InChI is InChI=1S/C23H29N3O/c27-23(20-8-6-19(7-9-20)18-25-14-4-5-15-25)24-21-10-12-22(13-11-21)26-16-2-1-3-17-26/h6-13H,1-5,14-18H2,(H,24,27). The van der Waals surface area contributed by atoms with E-state index in [1.165, 1.54) is 56.4 Å². The van der Waals surface area contributed by atoms with Crippen molar-refractivity contribution in [2.45, 2.75) is 38.6 Å². The van der Waals surface area contributed by atoms with E-state index in [9.17, 15) is 4.79 Å². The molecular formula is C23H29N3O. The van der Waals surface area contributed by atoms with Gasteiger partial charge in [-0.3, -0.25) is 9.69 Å². The predicted octanol–water partition coefficient (Wildman–Crippen LogP) is 4.53. The van der Waals surface area contributed by atoms with Crippen LogP contribution in [-0.2, 0) is 6.54 Å². The summed E-state index contributed by atoms with van der Waals surface area (Å²) in [6.07, 6.45) is 6.48. The zero-order valence-electron chi connectivity index (χ0n) is 16.0. The number of nitrogens with one attached hydrogen (secondary N) is 1. The highest BCUT2D eigenvalue weighted by Crippen LogP contribution is 2.22. The summed E-state index contributed by atoms with van der Waals surface area (Å²) in [6.45, 7) is 5.64. The first-order chi connectivity index (χ1) is 13.3. The van der Waals surface area contributed by atoms with E-state index in [0.717, 1.165) is 25.3 Å². The van der Waals surface area contributed by atoms with E-state index in [1.54, 1.807) is 0 Å². The van der Waals surface area contributed by atoms with Crippen LogP contribution in [0.1, 0.15) is 48.0 Å². The molecule has 2 aromatic carbocycles. The molecule has 2 saturated heterocycles. The van der Waals surface area contributed by atoms with Crippen molar-refractivity contribution in [1.82, 2.24) is 4.90 Å². The molecule has 4 nitrogen and oxygen atoms in total. The fraction of sp³-hybridized carbons (Fsp3) is 0.435. The summed E-state index contributed by atoms with van der Waals surface area (Å²) >= 11 is 0. The predicted molar refractivity (Wildman–Crippen MR) is 111 cm³/mol. The minimum atomic E-state index is -0.0477. The molecule has 1 N–H and O–H groups in total. The Hall–Kier alpha value is -2.33. The molecule has 4 heteroatoms. The molecule has 2 aliphatic heterocycles. The van der Waals surface area contributed by atoms with Crippen molar-refractivity contribution < 1.29 is 4.79 Å². The van der Waals surface area contributed by atoms with Crippen LogP contribution in [0.5, 0.6) is 0 Å². The lowest BCUT2D eigenvalue weighted by Crippen LogP contribution is -2.29. The Morgan fingerprint density at radius 1 is 0.778 bits per heavy atom. The number of benzene rings is 2. The molecule has 2 fully saturated rings. The van der Waals surface area contributed by atoms with Gasteiger partial charge in [0.2, 0.25) is 0 Å². The second-order valence-corrected chi connectivity index (χ2v) is 7.73. The first kappa shape index (κ1) is 18.1. The molecule has 2 aromatic rings. The Labute approximate surface area is 162 Å².